The van der Waals surface area contributed by atoms with Gasteiger partial charge < -0.3 is 14.4 Å². The molecular weight excluding hydrogens is 232 g/mol. The average Bonchev–Trinajstić information content (AvgIpc) is 2.74. The van der Waals surface area contributed by atoms with Gasteiger partial charge in [-0.05, 0) is 26.1 Å². The van der Waals surface area contributed by atoms with Crippen LogP contribution in [0.2, 0.25) is 0 Å². The van der Waals surface area contributed by atoms with Crippen molar-refractivity contribution in [2.24, 2.45) is 0 Å². The van der Waals surface area contributed by atoms with E-state index in [1.165, 1.54) is 0 Å². The third-order valence-corrected chi connectivity index (χ3v) is 3.44. The minimum atomic E-state index is -0.816. The molecule has 2 rings (SSSR count). The van der Waals surface area contributed by atoms with Crippen molar-refractivity contribution in [3.63, 3.8) is 0 Å². The molecule has 0 spiro atoms. The SMILES string of the molecule is Cc1ccc(C(CN2CCN(C)CC2)C(=O)O)o1. The zero-order valence-corrected chi connectivity index (χ0v) is 10.9. The molecule has 1 saturated heterocycles. The van der Waals surface area contributed by atoms with Crippen LogP contribution in [-0.4, -0.2) is 60.6 Å². The van der Waals surface area contributed by atoms with E-state index in [4.69, 9.17) is 4.42 Å². The Bertz CT molecular complexity index is 408. The fraction of sp³-hybridized carbons (Fsp3) is 0.615. The summed E-state index contributed by atoms with van der Waals surface area (Å²) in [5.41, 5.74) is 0. The van der Waals surface area contributed by atoms with Crippen LogP contribution in [0.15, 0.2) is 16.5 Å². The Morgan fingerprint density at radius 2 is 2.06 bits per heavy atom. The summed E-state index contributed by atoms with van der Waals surface area (Å²) in [6, 6.07) is 3.58. The maximum Gasteiger partial charge on any atom is 0.315 e. The minimum Gasteiger partial charge on any atom is -0.481 e. The van der Waals surface area contributed by atoms with E-state index in [1.54, 1.807) is 6.07 Å². The van der Waals surface area contributed by atoms with Crippen LogP contribution in [0.25, 0.3) is 0 Å². The number of aliphatic carboxylic acids is 1. The Hall–Kier alpha value is -1.33. The highest BCUT2D eigenvalue weighted by molar-refractivity contribution is 5.75. The number of hydrogen-bond acceptors (Lipinski definition) is 4. The maximum atomic E-state index is 11.4. The zero-order chi connectivity index (χ0) is 13.1. The molecule has 0 aromatic carbocycles. The molecule has 1 aliphatic rings. The first-order valence-corrected chi connectivity index (χ1v) is 6.26. The van der Waals surface area contributed by atoms with E-state index in [0.717, 1.165) is 31.9 Å². The normalized spacial score (nSPS) is 19.9. The molecule has 100 valence electrons. The number of carboxylic acid groups (broad SMARTS) is 1. The fourth-order valence-electron chi connectivity index (χ4n) is 2.22. The van der Waals surface area contributed by atoms with E-state index in [0.29, 0.717) is 12.3 Å². The standard InChI is InChI=1S/C13H20N2O3/c1-10-3-4-12(18-10)11(13(16)17)9-15-7-5-14(2)6-8-15/h3-4,11H,5-9H2,1-2H3,(H,16,17). The van der Waals surface area contributed by atoms with Gasteiger partial charge in [0, 0.05) is 32.7 Å². The molecule has 5 nitrogen and oxygen atoms in total. The Labute approximate surface area is 107 Å². The van der Waals surface area contributed by atoms with Crippen LogP contribution in [-0.2, 0) is 4.79 Å². The molecule has 0 radical (unpaired) electrons. The Morgan fingerprint density at radius 3 is 2.56 bits per heavy atom. The molecule has 1 aromatic heterocycles. The zero-order valence-electron chi connectivity index (χ0n) is 10.9. The van der Waals surface area contributed by atoms with Gasteiger partial charge in [-0.15, -0.1) is 0 Å². The van der Waals surface area contributed by atoms with Gasteiger partial charge >= 0.3 is 5.97 Å². The summed E-state index contributed by atoms with van der Waals surface area (Å²) in [5.74, 6) is -0.0704. The second-order valence-corrected chi connectivity index (χ2v) is 4.94. The van der Waals surface area contributed by atoms with E-state index < -0.39 is 11.9 Å². The van der Waals surface area contributed by atoms with Gasteiger partial charge in [0.2, 0.25) is 0 Å². The van der Waals surface area contributed by atoms with Crippen LogP contribution < -0.4 is 0 Å². The smallest absolute Gasteiger partial charge is 0.315 e. The minimum absolute atomic E-state index is 0.524. The highest BCUT2D eigenvalue weighted by Gasteiger charge is 2.27. The number of aryl methyl sites for hydroxylation is 1. The number of likely N-dealkylation sites (N-methyl/N-ethyl adjacent to an activating group) is 1. The maximum absolute atomic E-state index is 11.4. The predicted molar refractivity (Wildman–Crippen MR) is 67.8 cm³/mol. The van der Waals surface area contributed by atoms with E-state index >= 15 is 0 Å². The van der Waals surface area contributed by atoms with Crippen LogP contribution in [0.4, 0.5) is 0 Å². The summed E-state index contributed by atoms with van der Waals surface area (Å²) in [5, 5.41) is 9.32. The second kappa shape index (κ2) is 5.54. The quantitative estimate of drug-likeness (QED) is 0.866. The van der Waals surface area contributed by atoms with Gasteiger partial charge in [0.25, 0.3) is 0 Å². The molecule has 5 heteroatoms. The van der Waals surface area contributed by atoms with E-state index in [-0.39, 0.29) is 0 Å². The number of rotatable bonds is 4. The molecule has 18 heavy (non-hydrogen) atoms. The second-order valence-electron chi connectivity index (χ2n) is 4.94. The first-order valence-electron chi connectivity index (χ1n) is 6.26. The topological polar surface area (TPSA) is 56.9 Å². The molecular formula is C13H20N2O3. The van der Waals surface area contributed by atoms with Gasteiger partial charge in [0.1, 0.15) is 17.4 Å². The van der Waals surface area contributed by atoms with Crippen molar-refractivity contribution in [1.29, 1.82) is 0 Å². The lowest BCUT2D eigenvalue weighted by atomic mass is 10.1. The van der Waals surface area contributed by atoms with Crippen molar-refractivity contribution in [3.05, 3.63) is 23.7 Å². The van der Waals surface area contributed by atoms with Gasteiger partial charge in [0.15, 0.2) is 0 Å². The molecule has 1 aliphatic heterocycles. The van der Waals surface area contributed by atoms with Crippen LogP contribution >= 0.6 is 0 Å². The van der Waals surface area contributed by atoms with Crippen LogP contribution in [0.1, 0.15) is 17.4 Å². The molecule has 1 unspecified atom stereocenters. The highest BCUT2D eigenvalue weighted by Crippen LogP contribution is 2.20. The van der Waals surface area contributed by atoms with E-state index in [1.807, 2.05) is 13.0 Å². The molecule has 1 atom stereocenters. The largest absolute Gasteiger partial charge is 0.481 e. The van der Waals surface area contributed by atoms with Crippen molar-refractivity contribution in [1.82, 2.24) is 9.80 Å². The van der Waals surface area contributed by atoms with Crippen molar-refractivity contribution in [3.8, 4) is 0 Å². The van der Waals surface area contributed by atoms with Crippen molar-refractivity contribution < 1.29 is 14.3 Å². The fourth-order valence-corrected chi connectivity index (χ4v) is 2.22. The van der Waals surface area contributed by atoms with Gasteiger partial charge in [-0.2, -0.15) is 0 Å². The molecule has 0 aliphatic carbocycles. The molecule has 2 heterocycles. The number of piperazine rings is 1. The highest BCUT2D eigenvalue weighted by atomic mass is 16.4. The Balaban J connectivity index is 2.01. The third-order valence-electron chi connectivity index (χ3n) is 3.44. The summed E-state index contributed by atoms with van der Waals surface area (Å²) in [4.78, 5) is 15.8. The summed E-state index contributed by atoms with van der Waals surface area (Å²) >= 11 is 0. The third kappa shape index (κ3) is 3.11. The number of carboxylic acids is 1. The summed E-state index contributed by atoms with van der Waals surface area (Å²) in [7, 11) is 2.09. The lowest BCUT2D eigenvalue weighted by molar-refractivity contribution is -0.139. The monoisotopic (exact) mass is 252 g/mol. The molecule has 0 saturated carbocycles. The Morgan fingerprint density at radius 1 is 1.39 bits per heavy atom. The van der Waals surface area contributed by atoms with Crippen molar-refractivity contribution in [2.75, 3.05) is 39.8 Å². The first-order chi connectivity index (χ1) is 8.56. The van der Waals surface area contributed by atoms with Gasteiger partial charge in [-0.25, -0.2) is 0 Å². The molecule has 0 bridgehead atoms. The lowest BCUT2D eigenvalue weighted by Crippen LogP contribution is -2.46. The average molecular weight is 252 g/mol. The summed E-state index contributed by atoms with van der Waals surface area (Å²) in [6.45, 7) is 6.17. The van der Waals surface area contributed by atoms with E-state index in [2.05, 4.69) is 16.8 Å². The summed E-state index contributed by atoms with van der Waals surface area (Å²) < 4.78 is 5.45. The first kappa shape index (κ1) is 13.1. The Kier molecular flexibility index (Phi) is 4.04. The molecule has 1 N–H and O–H groups in total. The van der Waals surface area contributed by atoms with Gasteiger partial charge in [0.05, 0.1) is 0 Å². The van der Waals surface area contributed by atoms with Gasteiger partial charge in [-0.1, -0.05) is 0 Å². The van der Waals surface area contributed by atoms with Crippen molar-refractivity contribution in [2.45, 2.75) is 12.8 Å². The van der Waals surface area contributed by atoms with Crippen LogP contribution in [0, 0.1) is 6.92 Å². The molecule has 0 amide bonds. The lowest BCUT2D eigenvalue weighted by Gasteiger charge is -2.33. The van der Waals surface area contributed by atoms with Crippen LogP contribution in [0.3, 0.4) is 0 Å². The number of nitrogens with zero attached hydrogens (tertiary/aromatic N) is 2. The predicted octanol–water partition coefficient (Wildman–Crippen LogP) is 1.00. The van der Waals surface area contributed by atoms with Crippen LogP contribution in [0.5, 0.6) is 0 Å². The van der Waals surface area contributed by atoms with Gasteiger partial charge in [-0.3, -0.25) is 9.69 Å². The van der Waals surface area contributed by atoms with E-state index in [9.17, 15) is 9.90 Å². The molecule has 1 fully saturated rings. The molecule has 1 aromatic rings. The number of hydrogen-bond donors (Lipinski definition) is 1. The number of furan rings is 1. The number of carbonyl (C=O) groups is 1. The van der Waals surface area contributed by atoms with Crippen molar-refractivity contribution >= 4 is 5.97 Å². The summed E-state index contributed by atoms with van der Waals surface area (Å²) in [6.07, 6.45) is 0.